The van der Waals surface area contributed by atoms with Crippen LogP contribution in [-0.4, -0.2) is 91.4 Å². The molecule has 2 saturated heterocycles. The van der Waals surface area contributed by atoms with E-state index >= 15 is 0 Å². The van der Waals surface area contributed by atoms with Crippen molar-refractivity contribution in [3.05, 3.63) is 24.0 Å². The number of benzene rings is 1. The lowest BCUT2D eigenvalue weighted by atomic mass is 10.2. The molecule has 0 unspecified atom stereocenters. The molecule has 2 fully saturated rings. The molecular formula is C21H27FN4O7. The number of amides is 3. The van der Waals surface area contributed by atoms with Crippen LogP contribution in [0, 0.1) is 5.82 Å². The van der Waals surface area contributed by atoms with Crippen molar-refractivity contribution in [3.63, 3.8) is 0 Å². The lowest BCUT2D eigenvalue weighted by molar-refractivity contribution is -0.182. The molecule has 1 N–H and O–H groups in total. The molecule has 2 aliphatic rings. The molecule has 3 amide bonds. The van der Waals surface area contributed by atoms with Crippen LogP contribution in [0.3, 0.4) is 0 Å². The second-order valence-corrected chi connectivity index (χ2v) is 7.86. The summed E-state index contributed by atoms with van der Waals surface area (Å²) in [5, 5.41) is 9.84. The molecule has 2 aliphatic heterocycles. The topological polar surface area (TPSA) is 120 Å². The molecule has 1 aromatic rings. The Morgan fingerprint density at radius 2 is 1.97 bits per heavy atom. The number of nitrogens with zero attached hydrogens (tertiary/aromatic N) is 4. The molecule has 180 valence electrons. The van der Waals surface area contributed by atoms with Crippen LogP contribution in [0.5, 0.6) is 0 Å². The van der Waals surface area contributed by atoms with Gasteiger partial charge in [-0.15, -0.1) is 0 Å². The first-order valence-corrected chi connectivity index (χ1v) is 10.5. The number of hydroxylamine groups is 2. The van der Waals surface area contributed by atoms with Crippen molar-refractivity contribution in [2.75, 3.05) is 56.2 Å². The lowest BCUT2D eigenvalue weighted by Crippen LogP contribution is -2.35. The standard InChI is InChI=1S/C21H27FN4O7/c1-14(27)23(2)12-16-13-25(21(31)33-16)15-3-4-18(17(22)11-15)24-7-8-26(32-10-9-24)19(28)5-6-20(29)30/h3-4,11,16H,5-10,12-13H2,1-2H3,(H,29,30)/t16-/m0/s1. The van der Waals surface area contributed by atoms with E-state index in [1.165, 1.54) is 22.8 Å². The van der Waals surface area contributed by atoms with E-state index in [1.54, 1.807) is 24.1 Å². The third kappa shape index (κ3) is 6.09. The van der Waals surface area contributed by atoms with Crippen LogP contribution in [0.15, 0.2) is 18.2 Å². The summed E-state index contributed by atoms with van der Waals surface area (Å²) in [6.45, 7) is 2.76. The SMILES string of the molecule is CC(=O)N(C)C[C@H]1CN(c2ccc(N3CCON(C(=O)CCC(=O)O)CC3)c(F)c2)C(=O)O1. The van der Waals surface area contributed by atoms with Crippen molar-refractivity contribution in [1.29, 1.82) is 0 Å². The van der Waals surface area contributed by atoms with E-state index in [-0.39, 0.29) is 45.0 Å². The van der Waals surface area contributed by atoms with Gasteiger partial charge in [-0.1, -0.05) is 0 Å². The van der Waals surface area contributed by atoms with E-state index in [1.807, 2.05) is 0 Å². The van der Waals surface area contributed by atoms with Crippen molar-refractivity contribution in [2.45, 2.75) is 25.9 Å². The fraction of sp³-hybridized carbons (Fsp3) is 0.524. The number of hydrogen-bond acceptors (Lipinski definition) is 7. The summed E-state index contributed by atoms with van der Waals surface area (Å²) in [5.74, 6) is -2.20. The van der Waals surface area contributed by atoms with Gasteiger partial charge in [0, 0.05) is 33.5 Å². The number of rotatable bonds is 7. The van der Waals surface area contributed by atoms with Gasteiger partial charge in [-0.3, -0.25) is 24.1 Å². The second-order valence-electron chi connectivity index (χ2n) is 7.86. The van der Waals surface area contributed by atoms with Gasteiger partial charge in [0.25, 0.3) is 0 Å². The zero-order valence-corrected chi connectivity index (χ0v) is 18.5. The molecule has 2 heterocycles. The van der Waals surface area contributed by atoms with Gasteiger partial charge < -0.3 is 19.6 Å². The predicted octanol–water partition coefficient (Wildman–Crippen LogP) is 1.07. The van der Waals surface area contributed by atoms with Crippen molar-refractivity contribution < 1.29 is 38.2 Å². The van der Waals surface area contributed by atoms with Crippen molar-refractivity contribution in [2.24, 2.45) is 0 Å². The van der Waals surface area contributed by atoms with Crippen LogP contribution in [0.1, 0.15) is 19.8 Å². The van der Waals surface area contributed by atoms with Gasteiger partial charge in [0.05, 0.1) is 44.0 Å². The number of carboxylic acid groups (broad SMARTS) is 1. The summed E-state index contributed by atoms with van der Waals surface area (Å²) in [5.41, 5.74) is 0.633. The summed E-state index contributed by atoms with van der Waals surface area (Å²) in [4.78, 5) is 56.3. The first-order chi connectivity index (χ1) is 15.7. The van der Waals surface area contributed by atoms with E-state index in [9.17, 15) is 23.6 Å². The Morgan fingerprint density at radius 3 is 2.64 bits per heavy atom. The van der Waals surface area contributed by atoms with Gasteiger partial charge in [-0.05, 0) is 18.2 Å². The Labute approximate surface area is 190 Å². The quantitative estimate of drug-likeness (QED) is 0.634. The third-order valence-corrected chi connectivity index (χ3v) is 5.48. The van der Waals surface area contributed by atoms with Gasteiger partial charge in [-0.2, -0.15) is 0 Å². The summed E-state index contributed by atoms with van der Waals surface area (Å²) in [6, 6.07) is 4.41. The number of aliphatic carboxylic acids is 1. The van der Waals surface area contributed by atoms with Crippen LogP contribution >= 0.6 is 0 Å². The number of carbonyl (C=O) groups excluding carboxylic acids is 3. The minimum absolute atomic E-state index is 0.129. The number of cyclic esters (lactones) is 1. The fourth-order valence-corrected chi connectivity index (χ4v) is 3.61. The van der Waals surface area contributed by atoms with E-state index in [4.69, 9.17) is 14.7 Å². The average molecular weight is 466 g/mol. The highest BCUT2D eigenvalue weighted by atomic mass is 19.1. The second kappa shape index (κ2) is 10.5. The van der Waals surface area contributed by atoms with Crippen molar-refractivity contribution >= 4 is 35.3 Å². The number of carbonyl (C=O) groups is 4. The van der Waals surface area contributed by atoms with Crippen molar-refractivity contribution in [3.8, 4) is 0 Å². The van der Waals surface area contributed by atoms with Gasteiger partial charge in [0.15, 0.2) is 0 Å². The largest absolute Gasteiger partial charge is 0.481 e. The average Bonchev–Trinajstić information content (AvgIpc) is 2.96. The highest BCUT2D eigenvalue weighted by Crippen LogP contribution is 2.28. The molecular weight excluding hydrogens is 439 g/mol. The molecule has 1 atom stereocenters. The first-order valence-electron chi connectivity index (χ1n) is 10.5. The van der Waals surface area contributed by atoms with Crippen LogP contribution in [-0.2, 0) is 24.0 Å². The summed E-state index contributed by atoms with van der Waals surface area (Å²) in [7, 11) is 1.61. The molecule has 0 bridgehead atoms. The zero-order valence-electron chi connectivity index (χ0n) is 18.5. The van der Waals surface area contributed by atoms with Gasteiger partial charge >= 0.3 is 12.1 Å². The Balaban J connectivity index is 1.62. The Morgan fingerprint density at radius 1 is 1.21 bits per heavy atom. The number of hydrogen-bond donors (Lipinski definition) is 1. The highest BCUT2D eigenvalue weighted by molar-refractivity contribution is 5.90. The minimum atomic E-state index is -1.07. The fourth-order valence-electron chi connectivity index (χ4n) is 3.61. The van der Waals surface area contributed by atoms with E-state index in [2.05, 4.69) is 0 Å². The van der Waals surface area contributed by atoms with Crippen LogP contribution in [0.4, 0.5) is 20.6 Å². The summed E-state index contributed by atoms with van der Waals surface area (Å²) < 4.78 is 20.3. The lowest BCUT2D eigenvalue weighted by Gasteiger charge is -2.24. The number of ether oxygens (including phenoxy) is 1. The molecule has 0 aromatic heterocycles. The molecule has 33 heavy (non-hydrogen) atoms. The van der Waals surface area contributed by atoms with E-state index in [0.717, 1.165) is 5.06 Å². The van der Waals surface area contributed by atoms with Gasteiger partial charge in [0.2, 0.25) is 11.8 Å². The third-order valence-electron chi connectivity index (χ3n) is 5.48. The number of halogens is 1. The molecule has 0 saturated carbocycles. The molecule has 0 spiro atoms. The van der Waals surface area contributed by atoms with E-state index < -0.39 is 29.9 Å². The first kappa shape index (κ1) is 24.2. The molecule has 12 heteroatoms. The Hall–Kier alpha value is -3.41. The Kier molecular flexibility index (Phi) is 7.69. The van der Waals surface area contributed by atoms with Gasteiger partial charge in [-0.25, -0.2) is 14.2 Å². The van der Waals surface area contributed by atoms with E-state index in [0.29, 0.717) is 24.5 Å². The summed E-state index contributed by atoms with van der Waals surface area (Å²) in [6.07, 6.45) is -1.58. The summed E-state index contributed by atoms with van der Waals surface area (Å²) >= 11 is 0. The highest BCUT2D eigenvalue weighted by Gasteiger charge is 2.34. The molecule has 1 aromatic carbocycles. The maximum Gasteiger partial charge on any atom is 0.414 e. The molecule has 0 radical (unpaired) electrons. The number of anilines is 2. The monoisotopic (exact) mass is 466 g/mol. The smallest absolute Gasteiger partial charge is 0.414 e. The molecule has 0 aliphatic carbocycles. The molecule has 3 rings (SSSR count). The number of likely N-dealkylation sites (N-methyl/N-ethyl adjacent to an activating group) is 1. The Bertz CT molecular complexity index is 928. The van der Waals surface area contributed by atoms with Crippen LogP contribution < -0.4 is 9.80 Å². The van der Waals surface area contributed by atoms with Crippen LogP contribution in [0.25, 0.3) is 0 Å². The van der Waals surface area contributed by atoms with Crippen LogP contribution in [0.2, 0.25) is 0 Å². The minimum Gasteiger partial charge on any atom is -0.481 e. The zero-order chi connectivity index (χ0) is 24.1. The predicted molar refractivity (Wildman–Crippen MR) is 114 cm³/mol. The van der Waals surface area contributed by atoms with Crippen molar-refractivity contribution in [1.82, 2.24) is 9.96 Å². The molecule has 11 nitrogen and oxygen atoms in total. The van der Waals surface area contributed by atoms with Gasteiger partial charge in [0.1, 0.15) is 11.9 Å². The normalized spacial score (nSPS) is 18.7. The maximum absolute atomic E-state index is 15.0. The maximum atomic E-state index is 15.0. The number of carboxylic acids is 1.